The van der Waals surface area contributed by atoms with Gasteiger partial charge < -0.3 is 4.74 Å². The SMILES string of the molecule is COC(=O)c1ccc(Br)cc1CC(Br)C(C)=O. The third-order valence-corrected chi connectivity index (χ3v) is 3.77. The Balaban J connectivity index is 3.07. The molecule has 92 valence electrons. The van der Waals surface area contributed by atoms with E-state index in [9.17, 15) is 9.59 Å². The van der Waals surface area contributed by atoms with E-state index in [2.05, 4.69) is 31.9 Å². The van der Waals surface area contributed by atoms with Crippen LogP contribution in [0.4, 0.5) is 0 Å². The molecule has 1 rings (SSSR count). The van der Waals surface area contributed by atoms with Crippen molar-refractivity contribution in [2.45, 2.75) is 18.2 Å². The van der Waals surface area contributed by atoms with Crippen LogP contribution in [0.5, 0.6) is 0 Å². The van der Waals surface area contributed by atoms with Crippen molar-refractivity contribution >= 4 is 43.6 Å². The standard InChI is InChI=1S/C12H12Br2O3/c1-7(15)11(14)6-8-5-9(13)3-4-10(8)12(16)17-2/h3-5,11H,6H2,1-2H3. The van der Waals surface area contributed by atoms with Crippen molar-refractivity contribution < 1.29 is 14.3 Å². The molecule has 1 aromatic carbocycles. The molecular weight excluding hydrogens is 352 g/mol. The zero-order valence-electron chi connectivity index (χ0n) is 9.50. The van der Waals surface area contributed by atoms with Gasteiger partial charge in [-0.2, -0.15) is 0 Å². The number of Topliss-reactive ketones (excluding diaryl/α,β-unsaturated/α-hetero) is 1. The van der Waals surface area contributed by atoms with Crippen molar-refractivity contribution in [1.82, 2.24) is 0 Å². The van der Waals surface area contributed by atoms with E-state index < -0.39 is 5.97 Å². The highest BCUT2D eigenvalue weighted by molar-refractivity contribution is 9.10. The summed E-state index contributed by atoms with van der Waals surface area (Å²) in [5, 5.41) is 0. The van der Waals surface area contributed by atoms with Gasteiger partial charge in [-0.15, -0.1) is 0 Å². The number of alkyl halides is 1. The molecule has 0 aliphatic carbocycles. The predicted molar refractivity (Wildman–Crippen MR) is 72.6 cm³/mol. The Hall–Kier alpha value is -0.680. The number of rotatable bonds is 4. The lowest BCUT2D eigenvalue weighted by molar-refractivity contribution is -0.116. The number of benzene rings is 1. The Morgan fingerprint density at radius 2 is 2.06 bits per heavy atom. The van der Waals surface area contributed by atoms with Crippen LogP contribution in [-0.2, 0) is 16.0 Å². The van der Waals surface area contributed by atoms with Gasteiger partial charge in [0.15, 0.2) is 0 Å². The minimum Gasteiger partial charge on any atom is -0.465 e. The first-order valence-corrected chi connectivity index (χ1v) is 6.68. The molecule has 0 aliphatic rings. The minimum absolute atomic E-state index is 0.0285. The first-order valence-electron chi connectivity index (χ1n) is 4.97. The average molecular weight is 364 g/mol. The smallest absolute Gasteiger partial charge is 0.338 e. The highest BCUT2D eigenvalue weighted by atomic mass is 79.9. The Labute approximate surface area is 117 Å². The predicted octanol–water partition coefficient (Wildman–Crippen LogP) is 3.13. The zero-order chi connectivity index (χ0) is 13.0. The van der Waals surface area contributed by atoms with Crippen LogP contribution in [0.25, 0.3) is 0 Å². The van der Waals surface area contributed by atoms with E-state index >= 15 is 0 Å². The normalized spacial score (nSPS) is 12.0. The van der Waals surface area contributed by atoms with Gasteiger partial charge in [0.2, 0.25) is 0 Å². The van der Waals surface area contributed by atoms with Crippen LogP contribution in [0.15, 0.2) is 22.7 Å². The van der Waals surface area contributed by atoms with Crippen molar-refractivity contribution in [3.63, 3.8) is 0 Å². The molecular formula is C12H12Br2O3. The molecule has 3 nitrogen and oxygen atoms in total. The van der Waals surface area contributed by atoms with Gasteiger partial charge in [0.25, 0.3) is 0 Å². The molecule has 0 heterocycles. The quantitative estimate of drug-likeness (QED) is 0.609. The molecule has 1 unspecified atom stereocenters. The third-order valence-electron chi connectivity index (χ3n) is 2.31. The molecule has 0 saturated carbocycles. The number of carbonyl (C=O) groups excluding carboxylic acids is 2. The van der Waals surface area contributed by atoms with Crippen LogP contribution in [-0.4, -0.2) is 23.7 Å². The zero-order valence-corrected chi connectivity index (χ0v) is 12.7. The molecule has 5 heteroatoms. The van der Waals surface area contributed by atoms with Gasteiger partial charge in [0, 0.05) is 4.47 Å². The van der Waals surface area contributed by atoms with Crippen molar-refractivity contribution in [2.75, 3.05) is 7.11 Å². The van der Waals surface area contributed by atoms with Gasteiger partial charge in [-0.3, -0.25) is 4.79 Å². The summed E-state index contributed by atoms with van der Waals surface area (Å²) in [6, 6.07) is 5.28. The van der Waals surface area contributed by atoms with Gasteiger partial charge in [-0.05, 0) is 37.1 Å². The molecule has 0 radical (unpaired) electrons. The second kappa shape index (κ2) is 6.31. The molecule has 0 N–H and O–H groups in total. The van der Waals surface area contributed by atoms with Crippen LogP contribution in [0.2, 0.25) is 0 Å². The molecule has 0 amide bonds. The summed E-state index contributed by atoms with van der Waals surface area (Å²) in [5.74, 6) is -0.364. The maximum Gasteiger partial charge on any atom is 0.338 e. The number of hydrogen-bond acceptors (Lipinski definition) is 3. The highest BCUT2D eigenvalue weighted by Crippen LogP contribution is 2.21. The Bertz CT molecular complexity index is 443. The number of carbonyl (C=O) groups is 2. The van der Waals surface area contributed by atoms with Crippen LogP contribution in [0.1, 0.15) is 22.8 Å². The average Bonchev–Trinajstić information content (AvgIpc) is 2.28. The van der Waals surface area contributed by atoms with Crippen molar-refractivity contribution in [3.05, 3.63) is 33.8 Å². The summed E-state index contributed by atoms with van der Waals surface area (Å²) in [6.45, 7) is 1.51. The van der Waals surface area contributed by atoms with Crippen LogP contribution >= 0.6 is 31.9 Å². The number of ketones is 1. The molecule has 1 atom stereocenters. The van der Waals surface area contributed by atoms with Crippen molar-refractivity contribution in [1.29, 1.82) is 0 Å². The summed E-state index contributed by atoms with van der Waals surface area (Å²) in [6.07, 6.45) is 0.458. The van der Waals surface area contributed by atoms with E-state index in [1.54, 1.807) is 12.1 Å². The topological polar surface area (TPSA) is 43.4 Å². The van der Waals surface area contributed by atoms with Gasteiger partial charge in [0.05, 0.1) is 17.5 Å². The fourth-order valence-corrected chi connectivity index (χ4v) is 2.13. The van der Waals surface area contributed by atoms with Gasteiger partial charge in [0.1, 0.15) is 5.78 Å². The van der Waals surface area contributed by atoms with Crippen molar-refractivity contribution in [2.24, 2.45) is 0 Å². The molecule has 0 aliphatic heterocycles. The minimum atomic E-state index is -0.393. The number of halogens is 2. The largest absolute Gasteiger partial charge is 0.465 e. The lowest BCUT2D eigenvalue weighted by Gasteiger charge is -2.11. The number of hydrogen-bond donors (Lipinski definition) is 0. The molecule has 1 aromatic rings. The molecule has 0 bridgehead atoms. The fraction of sp³-hybridized carbons (Fsp3) is 0.333. The van der Waals surface area contributed by atoms with E-state index in [1.807, 2.05) is 6.07 Å². The highest BCUT2D eigenvalue weighted by Gasteiger charge is 2.17. The summed E-state index contributed by atoms with van der Waals surface area (Å²) in [7, 11) is 1.34. The second-order valence-electron chi connectivity index (χ2n) is 3.58. The lowest BCUT2D eigenvalue weighted by atomic mass is 10.0. The van der Waals surface area contributed by atoms with Gasteiger partial charge in [-0.25, -0.2) is 4.79 Å². The number of methoxy groups -OCH3 is 1. The summed E-state index contributed by atoms with van der Waals surface area (Å²) >= 11 is 6.63. The maximum absolute atomic E-state index is 11.6. The molecule has 0 fully saturated rings. The molecule has 17 heavy (non-hydrogen) atoms. The van der Waals surface area contributed by atoms with Gasteiger partial charge in [-0.1, -0.05) is 31.9 Å². The summed E-state index contributed by atoms with van der Waals surface area (Å²) < 4.78 is 5.57. The van der Waals surface area contributed by atoms with E-state index in [4.69, 9.17) is 4.74 Å². The first-order chi connectivity index (χ1) is 7.95. The Morgan fingerprint density at radius 1 is 1.41 bits per heavy atom. The molecule has 0 spiro atoms. The summed E-state index contributed by atoms with van der Waals surface area (Å²) in [4.78, 5) is 22.5. The van der Waals surface area contributed by atoms with Crippen LogP contribution in [0, 0.1) is 0 Å². The molecule has 0 aromatic heterocycles. The maximum atomic E-state index is 11.6. The van der Waals surface area contributed by atoms with E-state index in [0.29, 0.717) is 12.0 Å². The van der Waals surface area contributed by atoms with Crippen LogP contribution in [0.3, 0.4) is 0 Å². The second-order valence-corrected chi connectivity index (χ2v) is 5.60. The fourth-order valence-electron chi connectivity index (χ4n) is 1.38. The van der Waals surface area contributed by atoms with E-state index in [-0.39, 0.29) is 10.6 Å². The monoisotopic (exact) mass is 362 g/mol. The Kier molecular flexibility index (Phi) is 5.33. The summed E-state index contributed by atoms with van der Waals surface area (Å²) in [5.41, 5.74) is 1.27. The van der Waals surface area contributed by atoms with E-state index in [0.717, 1.165) is 10.0 Å². The number of ether oxygens (including phenoxy) is 1. The Morgan fingerprint density at radius 3 is 2.59 bits per heavy atom. The number of esters is 1. The van der Waals surface area contributed by atoms with E-state index in [1.165, 1.54) is 14.0 Å². The third kappa shape index (κ3) is 3.92. The van der Waals surface area contributed by atoms with Crippen molar-refractivity contribution in [3.8, 4) is 0 Å². The molecule has 0 saturated heterocycles. The van der Waals surface area contributed by atoms with Gasteiger partial charge >= 0.3 is 5.97 Å². The first kappa shape index (κ1) is 14.4. The van der Waals surface area contributed by atoms with Crippen LogP contribution < -0.4 is 0 Å². The lowest BCUT2D eigenvalue weighted by Crippen LogP contribution is -2.15.